The van der Waals surface area contributed by atoms with Crippen LogP contribution in [0.15, 0.2) is 29.3 Å². The monoisotopic (exact) mass is 630 g/mol. The zero-order valence-corrected chi connectivity index (χ0v) is 21.1. The van der Waals surface area contributed by atoms with Gasteiger partial charge in [0.2, 0.25) is 0 Å². The molecule has 0 saturated carbocycles. The molecule has 0 atom stereocenters. The van der Waals surface area contributed by atoms with Gasteiger partial charge < -0.3 is 0 Å². The summed E-state index contributed by atoms with van der Waals surface area (Å²) in [6, 6.07) is 7.33. The molecular formula is C15H25BrI2N2O2S. The minimum atomic E-state index is -3.24. The van der Waals surface area contributed by atoms with E-state index in [9.17, 15) is 8.42 Å². The number of hydrogen-bond acceptors (Lipinski definition) is 3. The number of aromatic nitrogens is 2. The van der Waals surface area contributed by atoms with Gasteiger partial charge in [0.15, 0.2) is 14.9 Å². The average Bonchev–Trinajstić information content (AvgIpc) is 2.89. The van der Waals surface area contributed by atoms with Crippen molar-refractivity contribution in [2.24, 2.45) is 7.05 Å². The van der Waals surface area contributed by atoms with Crippen LogP contribution in [-0.2, 0) is 16.9 Å². The van der Waals surface area contributed by atoms with Crippen LogP contribution in [0.5, 0.6) is 0 Å². The first kappa shape index (κ1) is 25.8. The van der Waals surface area contributed by atoms with E-state index in [1.807, 2.05) is 37.9 Å². The molecule has 1 aromatic heterocycles. The SMILES string of the molecule is CBr.CC.CC(I)I.CCS(=O)(=O)c1nn(C)c2ccccc12. The van der Waals surface area contributed by atoms with E-state index < -0.39 is 9.84 Å². The topological polar surface area (TPSA) is 52.0 Å². The number of halogens is 3. The molecule has 134 valence electrons. The fourth-order valence-corrected chi connectivity index (χ4v) is 2.58. The zero-order chi connectivity index (χ0) is 18.6. The third-order valence-electron chi connectivity index (χ3n) is 2.40. The number of fused-ring (bicyclic) bond motifs is 1. The van der Waals surface area contributed by atoms with E-state index in [1.54, 1.807) is 24.7 Å². The standard InChI is InChI=1S/C10H12N2O2S.C2H4I2.C2H6.CH3Br/c1-3-15(13,14)10-8-6-4-5-7-9(8)12(2)11-10;1-2(3)4;2*1-2/h4-7H,3H2,1-2H3;2H,1H3;1-2H3;1H3. The summed E-state index contributed by atoms with van der Waals surface area (Å²) in [6.07, 6.45) is 0. The average molecular weight is 631 g/mol. The van der Waals surface area contributed by atoms with E-state index in [2.05, 4.69) is 73.1 Å². The molecule has 0 spiro atoms. The molecule has 0 fully saturated rings. The van der Waals surface area contributed by atoms with Crippen LogP contribution in [0.1, 0.15) is 27.7 Å². The van der Waals surface area contributed by atoms with Crippen LogP contribution in [-0.4, -0.2) is 31.7 Å². The minimum absolute atomic E-state index is 0.0774. The van der Waals surface area contributed by atoms with Crippen molar-refractivity contribution in [2.45, 2.75) is 34.7 Å². The van der Waals surface area contributed by atoms with E-state index in [-0.39, 0.29) is 10.8 Å². The lowest BCUT2D eigenvalue weighted by molar-refractivity contribution is 0.590. The van der Waals surface area contributed by atoms with Crippen LogP contribution in [0.2, 0.25) is 0 Å². The number of para-hydroxylation sites is 1. The number of hydrogen-bond donors (Lipinski definition) is 0. The predicted octanol–water partition coefficient (Wildman–Crippen LogP) is 5.61. The summed E-state index contributed by atoms with van der Waals surface area (Å²) in [5, 5.41) is 4.94. The fraction of sp³-hybridized carbons (Fsp3) is 0.533. The van der Waals surface area contributed by atoms with Gasteiger partial charge in [-0.1, -0.05) is 94.0 Å². The maximum atomic E-state index is 11.8. The van der Waals surface area contributed by atoms with Crippen molar-refractivity contribution < 1.29 is 8.42 Å². The van der Waals surface area contributed by atoms with Crippen LogP contribution in [0.3, 0.4) is 0 Å². The van der Waals surface area contributed by atoms with E-state index in [1.165, 1.54) is 0 Å². The minimum Gasteiger partial charge on any atom is -0.267 e. The van der Waals surface area contributed by atoms with Crippen molar-refractivity contribution in [3.8, 4) is 0 Å². The van der Waals surface area contributed by atoms with Crippen LogP contribution < -0.4 is 0 Å². The van der Waals surface area contributed by atoms with E-state index in [0.717, 1.165) is 7.45 Å². The van der Waals surface area contributed by atoms with Gasteiger partial charge in [-0.2, -0.15) is 5.10 Å². The Hall–Kier alpha value is 0.580. The number of rotatable bonds is 2. The van der Waals surface area contributed by atoms with Gasteiger partial charge in [0.25, 0.3) is 0 Å². The lowest BCUT2D eigenvalue weighted by atomic mass is 10.3. The van der Waals surface area contributed by atoms with Gasteiger partial charge in [-0.3, -0.25) is 4.68 Å². The summed E-state index contributed by atoms with van der Waals surface area (Å²) in [5.41, 5.74) is 0.838. The molecule has 1 aromatic carbocycles. The van der Waals surface area contributed by atoms with Crippen LogP contribution in [0, 0.1) is 0 Å². The van der Waals surface area contributed by atoms with Crippen molar-refractivity contribution in [1.29, 1.82) is 0 Å². The summed E-state index contributed by atoms with van der Waals surface area (Å²) < 4.78 is 25.9. The lowest BCUT2D eigenvalue weighted by Crippen LogP contribution is -2.05. The molecule has 2 aromatic rings. The Morgan fingerprint density at radius 3 is 2.09 bits per heavy atom. The summed E-state index contributed by atoms with van der Waals surface area (Å²) in [4.78, 5) is 0. The second-order valence-electron chi connectivity index (χ2n) is 3.87. The van der Waals surface area contributed by atoms with Crippen molar-refractivity contribution >= 4 is 81.9 Å². The Bertz CT molecular complexity index is 656. The van der Waals surface area contributed by atoms with Crippen LogP contribution in [0.4, 0.5) is 0 Å². The Morgan fingerprint density at radius 1 is 1.22 bits per heavy atom. The van der Waals surface area contributed by atoms with Crippen molar-refractivity contribution in [3.63, 3.8) is 0 Å². The number of benzene rings is 1. The van der Waals surface area contributed by atoms with Gasteiger partial charge in [0, 0.05) is 12.4 Å². The highest BCUT2D eigenvalue weighted by molar-refractivity contribution is 14.2. The molecule has 2 rings (SSSR count). The fourth-order valence-electron chi connectivity index (χ4n) is 1.55. The maximum Gasteiger partial charge on any atom is 0.197 e. The van der Waals surface area contributed by atoms with E-state index in [0.29, 0.717) is 5.39 Å². The summed E-state index contributed by atoms with van der Waals surface area (Å²) >= 11 is 7.60. The molecule has 0 aliphatic heterocycles. The van der Waals surface area contributed by atoms with Crippen molar-refractivity contribution in [3.05, 3.63) is 24.3 Å². The van der Waals surface area contributed by atoms with E-state index >= 15 is 0 Å². The van der Waals surface area contributed by atoms with Gasteiger partial charge in [-0.15, -0.1) is 0 Å². The Morgan fingerprint density at radius 2 is 1.65 bits per heavy atom. The molecule has 0 unspecified atom stereocenters. The quantitative estimate of drug-likeness (QED) is 0.320. The van der Waals surface area contributed by atoms with Gasteiger partial charge in [-0.25, -0.2) is 8.42 Å². The highest BCUT2D eigenvalue weighted by Gasteiger charge is 2.19. The smallest absolute Gasteiger partial charge is 0.197 e. The number of aryl methyl sites for hydroxylation is 1. The van der Waals surface area contributed by atoms with Gasteiger partial charge in [0.1, 0.15) is 0 Å². The van der Waals surface area contributed by atoms with Gasteiger partial charge in [0.05, 0.1) is 13.2 Å². The number of alkyl halides is 3. The molecule has 0 bridgehead atoms. The molecule has 0 saturated heterocycles. The van der Waals surface area contributed by atoms with Gasteiger partial charge in [-0.05, 0) is 24.9 Å². The maximum absolute atomic E-state index is 11.8. The summed E-state index contributed by atoms with van der Waals surface area (Å²) in [5.74, 6) is 1.89. The van der Waals surface area contributed by atoms with E-state index in [4.69, 9.17) is 0 Å². The third kappa shape index (κ3) is 9.01. The van der Waals surface area contributed by atoms with Crippen molar-refractivity contribution in [2.75, 3.05) is 11.6 Å². The first-order chi connectivity index (χ1) is 10.8. The largest absolute Gasteiger partial charge is 0.267 e. The predicted molar refractivity (Wildman–Crippen MR) is 122 cm³/mol. The second-order valence-corrected chi connectivity index (χ2v) is 12.2. The third-order valence-corrected chi connectivity index (χ3v) is 4.05. The molecule has 8 heteroatoms. The molecular weight excluding hydrogens is 606 g/mol. The summed E-state index contributed by atoms with van der Waals surface area (Å²) in [6.45, 7) is 7.76. The first-order valence-corrected chi connectivity index (χ1v) is 12.8. The Balaban J connectivity index is 0. The molecule has 0 N–H and O–H groups in total. The lowest BCUT2D eigenvalue weighted by Gasteiger charge is -1.95. The van der Waals surface area contributed by atoms with Crippen LogP contribution in [0.25, 0.3) is 10.9 Å². The molecule has 1 heterocycles. The van der Waals surface area contributed by atoms with Crippen molar-refractivity contribution in [1.82, 2.24) is 9.78 Å². The Labute approximate surface area is 176 Å². The molecule has 0 aliphatic rings. The normalized spacial score (nSPS) is 10.0. The first-order valence-electron chi connectivity index (χ1n) is 7.10. The molecule has 0 amide bonds. The number of nitrogens with zero attached hydrogens (tertiary/aromatic N) is 2. The molecule has 4 nitrogen and oxygen atoms in total. The summed E-state index contributed by atoms with van der Waals surface area (Å²) in [7, 11) is -1.49. The van der Waals surface area contributed by atoms with Crippen LogP contribution >= 0.6 is 61.1 Å². The molecule has 23 heavy (non-hydrogen) atoms. The molecule has 0 radical (unpaired) electrons. The second kappa shape index (κ2) is 13.8. The highest BCUT2D eigenvalue weighted by atomic mass is 127. The number of sulfone groups is 1. The molecule has 0 aliphatic carbocycles. The highest BCUT2D eigenvalue weighted by Crippen LogP contribution is 2.22. The van der Waals surface area contributed by atoms with Gasteiger partial charge >= 0.3 is 0 Å². The zero-order valence-electron chi connectivity index (χ0n) is 14.3. The Kier molecular flexibility index (Phi) is 15.5.